The summed E-state index contributed by atoms with van der Waals surface area (Å²) < 4.78 is 20.4. The molecule has 2 amide bonds. The summed E-state index contributed by atoms with van der Waals surface area (Å²) in [6.45, 7) is 2.42. The number of carbonyl (C=O) groups is 1. The van der Waals surface area contributed by atoms with Crippen molar-refractivity contribution in [3.8, 4) is 17.0 Å². The molecule has 0 unspecified atom stereocenters. The molecule has 1 fully saturated rings. The Morgan fingerprint density at radius 1 is 1.26 bits per heavy atom. The van der Waals surface area contributed by atoms with Crippen LogP contribution in [-0.2, 0) is 0 Å². The van der Waals surface area contributed by atoms with Gasteiger partial charge in [0.05, 0.1) is 18.0 Å². The van der Waals surface area contributed by atoms with Crippen molar-refractivity contribution in [2.75, 3.05) is 11.5 Å². The van der Waals surface area contributed by atoms with Crippen LogP contribution in [0.1, 0.15) is 37.8 Å². The summed E-state index contributed by atoms with van der Waals surface area (Å²) >= 11 is 1.25. The van der Waals surface area contributed by atoms with Crippen LogP contribution in [-0.4, -0.2) is 22.6 Å². The number of urea groups is 1. The highest BCUT2D eigenvalue weighted by atomic mass is 32.1. The summed E-state index contributed by atoms with van der Waals surface area (Å²) in [4.78, 5) is 22.1. The number of benzene rings is 1. The molecule has 1 aliphatic carbocycles. The molecule has 0 bridgehead atoms. The van der Waals surface area contributed by atoms with Crippen LogP contribution in [0, 0.1) is 18.7 Å². The Kier molecular flexibility index (Phi) is 6.46. The molecule has 8 heteroatoms. The van der Waals surface area contributed by atoms with Gasteiger partial charge in [0.2, 0.25) is 0 Å². The molecule has 3 aromatic rings. The number of rotatable bonds is 6. The quantitative estimate of drug-likeness (QED) is 0.523. The number of nitrogens with zero attached hydrogens (tertiary/aromatic N) is 3. The van der Waals surface area contributed by atoms with E-state index < -0.39 is 11.8 Å². The van der Waals surface area contributed by atoms with Crippen LogP contribution in [0.2, 0.25) is 0 Å². The van der Waals surface area contributed by atoms with E-state index in [2.05, 4.69) is 9.97 Å². The van der Waals surface area contributed by atoms with E-state index in [9.17, 15) is 9.18 Å². The lowest BCUT2D eigenvalue weighted by Crippen LogP contribution is -2.31. The molecule has 1 saturated carbocycles. The number of hydrogen-bond donors (Lipinski definition) is 1. The van der Waals surface area contributed by atoms with E-state index in [0.29, 0.717) is 29.0 Å². The van der Waals surface area contributed by atoms with E-state index in [4.69, 9.17) is 10.5 Å². The first-order chi connectivity index (χ1) is 15.0. The van der Waals surface area contributed by atoms with Crippen LogP contribution in [0.15, 0.2) is 41.9 Å². The third kappa shape index (κ3) is 5.02. The second-order valence-corrected chi connectivity index (χ2v) is 8.64. The highest BCUT2D eigenvalue weighted by Crippen LogP contribution is 2.34. The predicted octanol–water partition coefficient (Wildman–Crippen LogP) is 5.83. The Bertz CT molecular complexity index is 1050. The average Bonchev–Trinajstić information content (AvgIpc) is 3.24. The van der Waals surface area contributed by atoms with Gasteiger partial charge in [-0.05, 0) is 49.9 Å². The van der Waals surface area contributed by atoms with E-state index in [1.54, 1.807) is 18.3 Å². The van der Waals surface area contributed by atoms with E-state index in [1.165, 1.54) is 41.6 Å². The van der Waals surface area contributed by atoms with Crippen molar-refractivity contribution in [2.45, 2.75) is 39.0 Å². The van der Waals surface area contributed by atoms with E-state index in [1.807, 2.05) is 24.4 Å². The SMILES string of the molecule is Cc1ccc(-c2csc(N(C(N)=O)c3ccc(OCC4CCCCC4)c(F)c3)n2)cn1. The van der Waals surface area contributed by atoms with Gasteiger partial charge < -0.3 is 10.5 Å². The van der Waals surface area contributed by atoms with Gasteiger partial charge >= 0.3 is 6.03 Å². The molecule has 0 atom stereocenters. The molecule has 1 aromatic carbocycles. The highest BCUT2D eigenvalue weighted by Gasteiger charge is 2.21. The molecular weight excluding hydrogens is 415 g/mol. The van der Waals surface area contributed by atoms with E-state index in [0.717, 1.165) is 24.1 Å². The van der Waals surface area contributed by atoms with Crippen molar-refractivity contribution in [2.24, 2.45) is 11.7 Å². The van der Waals surface area contributed by atoms with Crippen molar-refractivity contribution in [1.29, 1.82) is 0 Å². The van der Waals surface area contributed by atoms with Crippen molar-refractivity contribution < 1.29 is 13.9 Å². The minimum atomic E-state index is -0.738. The molecular formula is C23H25FN4O2S. The number of thiazole rings is 1. The second kappa shape index (κ2) is 9.43. The van der Waals surface area contributed by atoms with E-state index in [-0.39, 0.29) is 5.75 Å². The summed E-state index contributed by atoms with van der Waals surface area (Å²) in [5.41, 5.74) is 8.31. The third-order valence-corrected chi connectivity index (χ3v) is 6.31. The van der Waals surface area contributed by atoms with Gasteiger partial charge in [0, 0.05) is 28.9 Å². The zero-order valence-corrected chi connectivity index (χ0v) is 18.2. The van der Waals surface area contributed by atoms with Crippen molar-refractivity contribution >= 4 is 28.2 Å². The largest absolute Gasteiger partial charge is 0.490 e. The summed E-state index contributed by atoms with van der Waals surface area (Å²) in [6, 6.07) is 7.49. The maximum absolute atomic E-state index is 14.7. The fourth-order valence-corrected chi connectivity index (χ4v) is 4.62. The lowest BCUT2D eigenvalue weighted by atomic mass is 9.90. The number of pyridine rings is 1. The molecule has 6 nitrogen and oxygen atoms in total. The maximum Gasteiger partial charge on any atom is 0.325 e. The number of hydrogen-bond acceptors (Lipinski definition) is 5. The normalized spacial score (nSPS) is 14.4. The first-order valence-electron chi connectivity index (χ1n) is 10.4. The Balaban J connectivity index is 1.52. The Morgan fingerprint density at radius 3 is 2.74 bits per heavy atom. The maximum atomic E-state index is 14.7. The first kappa shape index (κ1) is 21.2. The lowest BCUT2D eigenvalue weighted by Gasteiger charge is -2.22. The number of aromatic nitrogens is 2. The zero-order chi connectivity index (χ0) is 21.8. The fourth-order valence-electron chi connectivity index (χ4n) is 3.76. The fraction of sp³-hybridized carbons (Fsp3) is 0.348. The average molecular weight is 441 g/mol. The molecule has 162 valence electrons. The number of aryl methyl sites for hydroxylation is 1. The molecule has 0 saturated heterocycles. The van der Waals surface area contributed by atoms with Gasteiger partial charge in [-0.2, -0.15) is 0 Å². The number of halogens is 1. The van der Waals surface area contributed by atoms with Crippen molar-refractivity contribution in [3.63, 3.8) is 0 Å². The Hall–Kier alpha value is -3.00. The van der Waals surface area contributed by atoms with Crippen LogP contribution < -0.4 is 15.4 Å². The minimum absolute atomic E-state index is 0.185. The van der Waals surface area contributed by atoms with Gasteiger partial charge in [0.15, 0.2) is 16.7 Å². The van der Waals surface area contributed by atoms with Crippen LogP contribution in [0.3, 0.4) is 0 Å². The molecule has 31 heavy (non-hydrogen) atoms. The van der Waals surface area contributed by atoms with Crippen LogP contribution in [0.4, 0.5) is 20.0 Å². The van der Waals surface area contributed by atoms with Crippen LogP contribution in [0.5, 0.6) is 5.75 Å². The number of primary amides is 1. The van der Waals surface area contributed by atoms with Gasteiger partial charge in [-0.1, -0.05) is 19.3 Å². The molecule has 0 aliphatic heterocycles. The summed E-state index contributed by atoms with van der Waals surface area (Å²) in [7, 11) is 0. The van der Waals surface area contributed by atoms with Crippen molar-refractivity contribution in [1.82, 2.24) is 9.97 Å². The van der Waals surface area contributed by atoms with Gasteiger partial charge in [0.1, 0.15) is 0 Å². The molecule has 2 heterocycles. The Morgan fingerprint density at radius 2 is 2.06 bits per heavy atom. The van der Waals surface area contributed by atoms with Gasteiger partial charge in [-0.3, -0.25) is 4.98 Å². The molecule has 2 aromatic heterocycles. The Labute approximate surface area is 184 Å². The molecule has 2 N–H and O–H groups in total. The third-order valence-electron chi connectivity index (χ3n) is 5.48. The second-order valence-electron chi connectivity index (χ2n) is 7.81. The summed E-state index contributed by atoms with van der Waals surface area (Å²) in [5, 5.41) is 2.17. The number of nitrogens with two attached hydrogens (primary N) is 1. The molecule has 0 radical (unpaired) electrons. The zero-order valence-electron chi connectivity index (χ0n) is 17.4. The van der Waals surface area contributed by atoms with Crippen LogP contribution >= 0.6 is 11.3 Å². The minimum Gasteiger partial charge on any atom is -0.490 e. The number of amides is 2. The number of carbonyl (C=O) groups excluding carboxylic acids is 1. The predicted molar refractivity (Wildman–Crippen MR) is 120 cm³/mol. The standard InChI is InChI=1S/C23H25FN4O2S/c1-15-7-8-17(12-26-15)20-14-31-23(27-20)28(22(25)29)18-9-10-21(19(24)11-18)30-13-16-5-3-2-4-6-16/h7-12,14,16H,2-6,13H2,1H3,(H2,25,29). The van der Waals surface area contributed by atoms with Gasteiger partial charge in [-0.25, -0.2) is 19.1 Å². The molecule has 0 spiro atoms. The molecule has 4 rings (SSSR count). The topological polar surface area (TPSA) is 81.3 Å². The van der Waals surface area contributed by atoms with Crippen LogP contribution in [0.25, 0.3) is 11.3 Å². The first-order valence-corrected chi connectivity index (χ1v) is 11.3. The number of ether oxygens (including phenoxy) is 1. The summed E-state index contributed by atoms with van der Waals surface area (Å²) in [5.74, 6) is 0.128. The summed E-state index contributed by atoms with van der Waals surface area (Å²) in [6.07, 6.45) is 7.65. The highest BCUT2D eigenvalue weighted by molar-refractivity contribution is 7.14. The lowest BCUT2D eigenvalue weighted by molar-refractivity contribution is 0.202. The van der Waals surface area contributed by atoms with Crippen molar-refractivity contribution in [3.05, 3.63) is 53.4 Å². The van der Waals surface area contributed by atoms with Gasteiger partial charge in [-0.15, -0.1) is 11.3 Å². The molecule has 1 aliphatic rings. The van der Waals surface area contributed by atoms with Gasteiger partial charge in [0.25, 0.3) is 0 Å². The monoisotopic (exact) mass is 440 g/mol. The van der Waals surface area contributed by atoms with E-state index >= 15 is 0 Å². The number of anilines is 2. The smallest absolute Gasteiger partial charge is 0.325 e.